The van der Waals surface area contributed by atoms with E-state index in [-0.39, 0.29) is 24.9 Å². The Bertz CT molecular complexity index is 803. The fourth-order valence-electron chi connectivity index (χ4n) is 2.89. The lowest BCUT2D eigenvalue weighted by Gasteiger charge is -2.33. The molecular weight excluding hydrogens is 392 g/mol. The molecule has 0 unspecified atom stereocenters. The van der Waals surface area contributed by atoms with Gasteiger partial charge in [-0.05, 0) is 18.1 Å². The van der Waals surface area contributed by atoms with Gasteiger partial charge >= 0.3 is 0 Å². The van der Waals surface area contributed by atoms with Gasteiger partial charge in [0.05, 0.1) is 13.1 Å². The molecule has 2 rings (SSSR count). The summed E-state index contributed by atoms with van der Waals surface area (Å²) in [6.45, 7) is 4.36. The fraction of sp³-hybridized carbons (Fsp3) is 0.500. The molecule has 29 heavy (non-hydrogen) atoms. The van der Waals surface area contributed by atoms with Gasteiger partial charge in [0.25, 0.3) is 0 Å². The van der Waals surface area contributed by atoms with Crippen molar-refractivity contribution in [2.24, 2.45) is 0 Å². The van der Waals surface area contributed by atoms with Crippen LogP contribution >= 0.6 is 0 Å². The molecule has 9 heteroatoms. The lowest BCUT2D eigenvalue weighted by Crippen LogP contribution is -2.51. The molecule has 1 saturated heterocycles. The van der Waals surface area contributed by atoms with Gasteiger partial charge in [-0.1, -0.05) is 37.3 Å². The summed E-state index contributed by atoms with van der Waals surface area (Å²) in [6.07, 6.45) is 2.43. The predicted octanol–water partition coefficient (Wildman–Crippen LogP) is 0.589. The Kier molecular flexibility index (Phi) is 8.81. The Labute approximate surface area is 173 Å². The van der Waals surface area contributed by atoms with Crippen molar-refractivity contribution in [2.45, 2.75) is 13.3 Å². The summed E-state index contributed by atoms with van der Waals surface area (Å²) in [5.41, 5.74) is 0.825. The van der Waals surface area contributed by atoms with E-state index in [0.717, 1.165) is 12.0 Å². The number of benzene rings is 1. The zero-order valence-corrected chi connectivity index (χ0v) is 17.9. The van der Waals surface area contributed by atoms with Crippen molar-refractivity contribution in [1.29, 1.82) is 0 Å². The second-order valence-corrected chi connectivity index (χ2v) is 8.85. The van der Waals surface area contributed by atoms with Crippen LogP contribution in [0, 0.1) is 0 Å². The number of nitrogens with zero attached hydrogens (tertiary/aromatic N) is 3. The Hall–Kier alpha value is -2.23. The second kappa shape index (κ2) is 11.1. The molecule has 0 atom stereocenters. The predicted molar refractivity (Wildman–Crippen MR) is 113 cm³/mol. The number of rotatable bonds is 9. The molecule has 1 N–H and O–H groups in total. The number of hydrogen-bond acceptors (Lipinski definition) is 5. The summed E-state index contributed by atoms with van der Waals surface area (Å²) in [4.78, 5) is 27.4. The first kappa shape index (κ1) is 23.1. The summed E-state index contributed by atoms with van der Waals surface area (Å²) in [5, 5.41) is 3.97. The third kappa shape index (κ3) is 7.60. The third-order valence-corrected chi connectivity index (χ3v) is 6.23. The van der Waals surface area contributed by atoms with E-state index in [1.54, 1.807) is 13.1 Å². The number of likely N-dealkylation sites (N-methyl/N-ethyl adjacent to an activating group) is 1. The molecule has 1 aromatic carbocycles. The van der Waals surface area contributed by atoms with Crippen LogP contribution in [0.15, 0.2) is 35.7 Å². The Morgan fingerprint density at radius 1 is 1.14 bits per heavy atom. The van der Waals surface area contributed by atoms with Crippen molar-refractivity contribution < 1.29 is 18.0 Å². The first-order valence-corrected chi connectivity index (χ1v) is 11.3. The summed E-state index contributed by atoms with van der Waals surface area (Å²) < 4.78 is 26.4. The number of carbonyl (C=O) groups is 2. The lowest BCUT2D eigenvalue weighted by molar-refractivity contribution is -0.135. The minimum absolute atomic E-state index is 0.0253. The van der Waals surface area contributed by atoms with Gasteiger partial charge in [-0.2, -0.15) is 4.31 Å². The number of hydrogen-bond donors (Lipinski definition) is 1. The summed E-state index contributed by atoms with van der Waals surface area (Å²) in [6, 6.07) is 9.27. The average molecular weight is 423 g/mol. The second-order valence-electron chi connectivity index (χ2n) is 7.03. The number of carbonyl (C=O) groups excluding carboxylic acids is 2. The van der Waals surface area contributed by atoms with Gasteiger partial charge in [0, 0.05) is 45.2 Å². The van der Waals surface area contributed by atoms with E-state index in [4.69, 9.17) is 0 Å². The molecule has 1 fully saturated rings. The van der Waals surface area contributed by atoms with Crippen LogP contribution in [0.3, 0.4) is 0 Å². The lowest BCUT2D eigenvalue weighted by atomic mass is 10.2. The zero-order valence-electron chi connectivity index (χ0n) is 17.1. The summed E-state index contributed by atoms with van der Waals surface area (Å²) in [5.74, 6) is -0.333. The molecule has 8 nitrogen and oxygen atoms in total. The SMILES string of the molecule is CCCNC(=O)CN(C)C(=O)CN1CCN(S(=O)(=O)/C=C/c2ccccc2)CC1. The normalized spacial score (nSPS) is 16.1. The van der Waals surface area contributed by atoms with E-state index in [9.17, 15) is 18.0 Å². The van der Waals surface area contributed by atoms with E-state index in [2.05, 4.69) is 5.32 Å². The van der Waals surface area contributed by atoms with Crippen LogP contribution in [0.4, 0.5) is 0 Å². The first-order chi connectivity index (χ1) is 13.8. The molecule has 2 amide bonds. The van der Waals surface area contributed by atoms with E-state index in [1.807, 2.05) is 42.2 Å². The van der Waals surface area contributed by atoms with Gasteiger partial charge in [0.15, 0.2) is 0 Å². The average Bonchev–Trinajstić information content (AvgIpc) is 2.72. The maximum Gasteiger partial charge on any atom is 0.239 e. The van der Waals surface area contributed by atoms with E-state index in [0.29, 0.717) is 32.7 Å². The molecule has 0 bridgehead atoms. The highest BCUT2D eigenvalue weighted by molar-refractivity contribution is 7.92. The highest BCUT2D eigenvalue weighted by Gasteiger charge is 2.26. The molecule has 1 heterocycles. The van der Waals surface area contributed by atoms with Crippen molar-refractivity contribution in [3.05, 3.63) is 41.3 Å². The maximum atomic E-state index is 12.5. The van der Waals surface area contributed by atoms with Crippen LogP contribution in [0.5, 0.6) is 0 Å². The largest absolute Gasteiger partial charge is 0.355 e. The minimum Gasteiger partial charge on any atom is -0.355 e. The smallest absolute Gasteiger partial charge is 0.239 e. The van der Waals surface area contributed by atoms with Crippen LogP contribution in [0.25, 0.3) is 6.08 Å². The summed E-state index contributed by atoms with van der Waals surface area (Å²) in [7, 11) is -1.90. The van der Waals surface area contributed by atoms with Gasteiger partial charge in [-0.3, -0.25) is 14.5 Å². The van der Waals surface area contributed by atoms with E-state index < -0.39 is 10.0 Å². The van der Waals surface area contributed by atoms with Crippen LogP contribution in [0.1, 0.15) is 18.9 Å². The number of nitrogens with one attached hydrogen (secondary N) is 1. The minimum atomic E-state index is -3.50. The van der Waals surface area contributed by atoms with Crippen LogP contribution in [-0.4, -0.2) is 87.2 Å². The number of sulfonamides is 1. The zero-order chi connectivity index (χ0) is 21.3. The molecule has 0 aromatic heterocycles. The number of amides is 2. The molecule has 160 valence electrons. The standard InChI is InChI=1S/C20H30N4O4S/c1-3-10-21-19(25)16-22(2)20(26)17-23-11-13-24(14-12-23)29(27,28)15-9-18-7-5-4-6-8-18/h4-9,15H,3,10-14,16-17H2,1-2H3,(H,21,25)/b15-9+. The molecular formula is C20H30N4O4S. The number of piperazine rings is 1. The van der Waals surface area contributed by atoms with E-state index in [1.165, 1.54) is 14.6 Å². The van der Waals surface area contributed by atoms with Gasteiger partial charge in [-0.15, -0.1) is 0 Å². The van der Waals surface area contributed by atoms with Gasteiger partial charge in [0.1, 0.15) is 0 Å². The van der Waals surface area contributed by atoms with Crippen molar-refractivity contribution >= 4 is 27.9 Å². The van der Waals surface area contributed by atoms with Crippen molar-refractivity contribution in [1.82, 2.24) is 19.4 Å². The van der Waals surface area contributed by atoms with Gasteiger partial charge in [-0.25, -0.2) is 8.42 Å². The summed E-state index contributed by atoms with van der Waals surface area (Å²) >= 11 is 0. The molecule has 0 saturated carbocycles. The van der Waals surface area contributed by atoms with Crippen LogP contribution in [-0.2, 0) is 19.6 Å². The van der Waals surface area contributed by atoms with Gasteiger partial charge < -0.3 is 10.2 Å². The third-order valence-electron chi connectivity index (χ3n) is 4.66. The topological polar surface area (TPSA) is 90.0 Å². The Morgan fingerprint density at radius 2 is 1.79 bits per heavy atom. The molecule has 1 aromatic rings. The van der Waals surface area contributed by atoms with Crippen LogP contribution < -0.4 is 5.32 Å². The van der Waals surface area contributed by atoms with Crippen LogP contribution in [0.2, 0.25) is 0 Å². The molecule has 1 aliphatic heterocycles. The molecule has 1 aliphatic rings. The van der Waals surface area contributed by atoms with E-state index >= 15 is 0 Å². The molecule has 0 spiro atoms. The highest BCUT2D eigenvalue weighted by Crippen LogP contribution is 2.11. The Balaban J connectivity index is 1.80. The molecule has 0 radical (unpaired) electrons. The quantitative estimate of drug-likeness (QED) is 0.629. The van der Waals surface area contributed by atoms with Crippen molar-refractivity contribution in [2.75, 3.05) is 52.9 Å². The van der Waals surface area contributed by atoms with Crippen molar-refractivity contribution in [3.63, 3.8) is 0 Å². The molecule has 0 aliphatic carbocycles. The Morgan fingerprint density at radius 3 is 2.41 bits per heavy atom. The first-order valence-electron chi connectivity index (χ1n) is 9.78. The maximum absolute atomic E-state index is 12.5. The monoisotopic (exact) mass is 422 g/mol. The van der Waals surface area contributed by atoms with Gasteiger partial charge in [0.2, 0.25) is 21.8 Å². The van der Waals surface area contributed by atoms with Crippen molar-refractivity contribution in [3.8, 4) is 0 Å². The fourth-order valence-corrected chi connectivity index (χ4v) is 4.07. The highest BCUT2D eigenvalue weighted by atomic mass is 32.2.